The van der Waals surface area contributed by atoms with Crippen LogP contribution in [-0.4, -0.2) is 47.8 Å². The molecule has 3 rings (SSSR count). The van der Waals surface area contributed by atoms with Crippen LogP contribution in [0.1, 0.15) is 16.1 Å². The minimum Gasteiger partial charge on any atom is -0.351 e. The molecule has 9 heteroatoms. The molecule has 0 spiro atoms. The van der Waals surface area contributed by atoms with Crippen molar-refractivity contribution in [2.24, 2.45) is 7.05 Å². The van der Waals surface area contributed by atoms with Gasteiger partial charge in [-0.1, -0.05) is 11.8 Å². The number of pyridine rings is 1. The highest BCUT2D eigenvalue weighted by molar-refractivity contribution is 7.99. The van der Waals surface area contributed by atoms with Crippen molar-refractivity contribution in [1.29, 1.82) is 0 Å². The molecule has 0 fully saturated rings. The molecule has 0 bridgehead atoms. The number of carbonyl (C=O) groups excluding carboxylic acids is 1. The molecule has 3 heterocycles. The Labute approximate surface area is 130 Å². The minimum atomic E-state index is -0.107. The fraction of sp³-hybridized carbons (Fsp3) is 0.308. The fourth-order valence-electron chi connectivity index (χ4n) is 2.01. The van der Waals surface area contributed by atoms with E-state index < -0.39 is 0 Å². The molecular weight excluding hydrogens is 302 g/mol. The van der Waals surface area contributed by atoms with Gasteiger partial charge in [0.1, 0.15) is 5.65 Å². The highest BCUT2D eigenvalue weighted by atomic mass is 32.2. The Morgan fingerprint density at radius 1 is 1.36 bits per heavy atom. The third-order valence-corrected chi connectivity index (χ3v) is 4.05. The molecule has 8 nitrogen and oxygen atoms in total. The molecule has 0 saturated carbocycles. The Hall–Kier alpha value is -2.42. The van der Waals surface area contributed by atoms with E-state index in [1.165, 1.54) is 11.8 Å². The third-order valence-electron chi connectivity index (χ3n) is 3.03. The second kappa shape index (κ2) is 6.14. The summed E-state index contributed by atoms with van der Waals surface area (Å²) < 4.78 is 3.45. The van der Waals surface area contributed by atoms with E-state index in [4.69, 9.17) is 0 Å². The van der Waals surface area contributed by atoms with Crippen molar-refractivity contribution in [3.05, 3.63) is 35.8 Å². The number of amides is 1. The highest BCUT2D eigenvalue weighted by Gasteiger charge is 2.08. The number of aryl methyl sites for hydroxylation is 2. The molecule has 0 aliphatic heterocycles. The van der Waals surface area contributed by atoms with Crippen LogP contribution in [0.5, 0.6) is 0 Å². The van der Waals surface area contributed by atoms with Crippen molar-refractivity contribution in [2.75, 3.05) is 12.3 Å². The third kappa shape index (κ3) is 3.08. The van der Waals surface area contributed by atoms with Crippen LogP contribution in [-0.2, 0) is 7.05 Å². The van der Waals surface area contributed by atoms with E-state index in [-0.39, 0.29) is 5.91 Å². The van der Waals surface area contributed by atoms with E-state index in [0.29, 0.717) is 17.9 Å². The van der Waals surface area contributed by atoms with Crippen molar-refractivity contribution < 1.29 is 4.79 Å². The first-order valence-electron chi connectivity index (χ1n) is 6.72. The SMILES string of the molecule is Cc1cn2cc(C(=O)NCCSc3nnnn3C)ccc2n1. The molecule has 1 amide bonds. The van der Waals surface area contributed by atoms with E-state index in [0.717, 1.165) is 16.5 Å². The quantitative estimate of drug-likeness (QED) is 0.550. The van der Waals surface area contributed by atoms with Crippen LogP contribution in [0.25, 0.3) is 5.65 Å². The number of nitrogens with zero attached hydrogens (tertiary/aromatic N) is 6. The van der Waals surface area contributed by atoms with Crippen LogP contribution in [0, 0.1) is 6.92 Å². The standard InChI is InChI=1S/C13H15N7OS/c1-9-7-20-8-10(3-4-11(20)15-9)12(21)14-5-6-22-13-16-17-18-19(13)2/h3-4,7-8H,5-6H2,1-2H3,(H,14,21). The number of fused-ring (bicyclic) bond motifs is 1. The Morgan fingerprint density at radius 3 is 3.00 bits per heavy atom. The van der Waals surface area contributed by atoms with Gasteiger partial charge in [0, 0.05) is 31.7 Å². The van der Waals surface area contributed by atoms with Gasteiger partial charge < -0.3 is 9.72 Å². The highest BCUT2D eigenvalue weighted by Crippen LogP contribution is 2.11. The molecule has 3 aromatic rings. The predicted molar refractivity (Wildman–Crippen MR) is 81.8 cm³/mol. The average Bonchev–Trinajstić information content (AvgIpc) is 3.07. The lowest BCUT2D eigenvalue weighted by molar-refractivity contribution is 0.0955. The maximum atomic E-state index is 12.1. The minimum absolute atomic E-state index is 0.107. The summed E-state index contributed by atoms with van der Waals surface area (Å²) in [5.74, 6) is 0.594. The Kier molecular flexibility index (Phi) is 4.05. The van der Waals surface area contributed by atoms with Crippen LogP contribution in [0.4, 0.5) is 0 Å². The zero-order valence-electron chi connectivity index (χ0n) is 12.2. The summed E-state index contributed by atoms with van der Waals surface area (Å²) in [4.78, 5) is 16.5. The van der Waals surface area contributed by atoms with Gasteiger partial charge in [0.05, 0.1) is 11.3 Å². The lowest BCUT2D eigenvalue weighted by Crippen LogP contribution is -2.26. The average molecular weight is 317 g/mol. The van der Waals surface area contributed by atoms with Gasteiger partial charge in [-0.25, -0.2) is 9.67 Å². The number of hydrogen-bond acceptors (Lipinski definition) is 6. The summed E-state index contributed by atoms with van der Waals surface area (Å²) in [6, 6.07) is 3.61. The summed E-state index contributed by atoms with van der Waals surface area (Å²) in [6.45, 7) is 2.46. The van der Waals surface area contributed by atoms with Crippen LogP contribution in [0.3, 0.4) is 0 Å². The van der Waals surface area contributed by atoms with E-state index in [1.54, 1.807) is 24.0 Å². The van der Waals surface area contributed by atoms with Gasteiger partial charge in [0.15, 0.2) is 0 Å². The van der Waals surface area contributed by atoms with E-state index in [2.05, 4.69) is 25.8 Å². The second-order valence-corrected chi connectivity index (χ2v) is 5.82. The van der Waals surface area contributed by atoms with E-state index in [1.807, 2.05) is 23.6 Å². The number of carbonyl (C=O) groups is 1. The normalized spacial score (nSPS) is 11.0. The van der Waals surface area contributed by atoms with Crippen LogP contribution < -0.4 is 5.32 Å². The number of imidazole rings is 1. The van der Waals surface area contributed by atoms with E-state index in [9.17, 15) is 4.79 Å². The molecule has 22 heavy (non-hydrogen) atoms. The van der Waals surface area contributed by atoms with Crippen LogP contribution >= 0.6 is 11.8 Å². The first kappa shape index (κ1) is 14.5. The summed E-state index contributed by atoms with van der Waals surface area (Å²) >= 11 is 1.49. The molecule has 0 unspecified atom stereocenters. The van der Waals surface area contributed by atoms with Crippen LogP contribution in [0.15, 0.2) is 29.7 Å². The van der Waals surface area contributed by atoms with Crippen molar-refractivity contribution in [1.82, 2.24) is 34.9 Å². The van der Waals surface area contributed by atoms with Gasteiger partial charge in [0.2, 0.25) is 5.16 Å². The number of tetrazole rings is 1. The molecular formula is C13H15N7OS. The summed E-state index contributed by atoms with van der Waals surface area (Å²) in [6.07, 6.45) is 3.67. The summed E-state index contributed by atoms with van der Waals surface area (Å²) in [5, 5.41) is 14.8. The first-order valence-corrected chi connectivity index (χ1v) is 7.71. The van der Waals surface area contributed by atoms with Gasteiger partial charge in [-0.3, -0.25) is 4.79 Å². The molecule has 0 aromatic carbocycles. The summed E-state index contributed by atoms with van der Waals surface area (Å²) in [5.41, 5.74) is 2.36. The Balaban J connectivity index is 1.55. The molecule has 0 aliphatic rings. The van der Waals surface area contributed by atoms with Crippen molar-refractivity contribution in [3.63, 3.8) is 0 Å². The molecule has 1 N–H and O–H groups in total. The maximum absolute atomic E-state index is 12.1. The zero-order valence-corrected chi connectivity index (χ0v) is 13.0. The summed E-state index contributed by atoms with van der Waals surface area (Å²) in [7, 11) is 1.78. The van der Waals surface area contributed by atoms with Gasteiger partial charge in [0.25, 0.3) is 5.91 Å². The van der Waals surface area contributed by atoms with Gasteiger partial charge >= 0.3 is 0 Å². The molecule has 0 radical (unpaired) electrons. The van der Waals surface area contributed by atoms with E-state index >= 15 is 0 Å². The molecule has 0 saturated heterocycles. The largest absolute Gasteiger partial charge is 0.351 e. The smallest absolute Gasteiger partial charge is 0.252 e. The second-order valence-electron chi connectivity index (χ2n) is 4.75. The molecule has 0 aliphatic carbocycles. The monoisotopic (exact) mass is 317 g/mol. The lowest BCUT2D eigenvalue weighted by atomic mass is 10.2. The number of thioether (sulfide) groups is 1. The van der Waals surface area contributed by atoms with Crippen molar-refractivity contribution >= 4 is 23.3 Å². The molecule has 3 aromatic heterocycles. The van der Waals surface area contributed by atoms with Gasteiger partial charge in [-0.05, 0) is 29.5 Å². The Morgan fingerprint density at radius 2 is 2.23 bits per heavy atom. The van der Waals surface area contributed by atoms with Gasteiger partial charge in [-0.15, -0.1) is 5.10 Å². The maximum Gasteiger partial charge on any atom is 0.252 e. The van der Waals surface area contributed by atoms with Crippen molar-refractivity contribution in [3.8, 4) is 0 Å². The first-order chi connectivity index (χ1) is 10.6. The zero-order chi connectivity index (χ0) is 15.5. The number of nitrogens with one attached hydrogen (secondary N) is 1. The molecule has 114 valence electrons. The number of rotatable bonds is 5. The van der Waals surface area contributed by atoms with Crippen molar-refractivity contribution in [2.45, 2.75) is 12.1 Å². The fourth-order valence-corrected chi connectivity index (χ4v) is 2.71. The number of aromatic nitrogens is 6. The number of hydrogen-bond donors (Lipinski definition) is 1. The molecule has 0 atom stereocenters. The Bertz CT molecular complexity index is 810. The predicted octanol–water partition coefficient (Wildman–Crippen LogP) is 0.688. The van der Waals surface area contributed by atoms with Crippen LogP contribution in [0.2, 0.25) is 0 Å². The topological polar surface area (TPSA) is 90.0 Å². The lowest BCUT2D eigenvalue weighted by Gasteiger charge is -2.05. The van der Waals surface area contributed by atoms with Gasteiger partial charge in [-0.2, -0.15) is 0 Å².